The minimum Gasteiger partial charge on any atom is -0.367 e. The van der Waals surface area contributed by atoms with Crippen molar-refractivity contribution in [2.45, 2.75) is 57.9 Å². The van der Waals surface area contributed by atoms with Crippen LogP contribution in [-0.2, 0) is 12.8 Å². The van der Waals surface area contributed by atoms with Gasteiger partial charge in [-0.3, -0.25) is 4.40 Å². The lowest BCUT2D eigenvalue weighted by molar-refractivity contribution is 0.461. The Morgan fingerprint density at radius 3 is 2.60 bits per heavy atom. The first-order valence-corrected chi connectivity index (χ1v) is 9.58. The van der Waals surface area contributed by atoms with E-state index < -0.39 is 0 Å². The second-order valence-corrected chi connectivity index (χ2v) is 7.26. The average molecular weight is 333 g/mol. The first kappa shape index (κ1) is 16.2. The molecule has 2 heterocycles. The van der Waals surface area contributed by atoms with E-state index in [0.29, 0.717) is 6.04 Å². The van der Waals surface area contributed by atoms with Gasteiger partial charge < -0.3 is 5.32 Å². The Kier molecular flexibility index (Phi) is 4.73. The molecule has 25 heavy (non-hydrogen) atoms. The average Bonchev–Trinajstić information content (AvgIpc) is 3.01. The molecule has 1 saturated carbocycles. The summed E-state index contributed by atoms with van der Waals surface area (Å²) in [7, 11) is 0. The fourth-order valence-corrected chi connectivity index (χ4v) is 3.93. The summed E-state index contributed by atoms with van der Waals surface area (Å²) in [4.78, 5) is 4.99. The Bertz CT molecular complexity index is 829. The lowest BCUT2D eigenvalue weighted by Crippen LogP contribution is -2.23. The molecule has 0 saturated heterocycles. The van der Waals surface area contributed by atoms with Gasteiger partial charge in [0.1, 0.15) is 11.5 Å². The monoisotopic (exact) mass is 333 g/mol. The van der Waals surface area contributed by atoms with Gasteiger partial charge in [-0.2, -0.15) is 0 Å². The Hall–Kier alpha value is -2.29. The second kappa shape index (κ2) is 7.30. The highest BCUT2D eigenvalue weighted by atomic mass is 15.1. The van der Waals surface area contributed by atoms with Gasteiger partial charge in [-0.15, -0.1) is 0 Å². The molecule has 0 amide bonds. The highest BCUT2D eigenvalue weighted by molar-refractivity contribution is 5.59. The number of aromatic nitrogens is 2. The van der Waals surface area contributed by atoms with Crippen LogP contribution in [0.5, 0.6) is 0 Å². The van der Waals surface area contributed by atoms with Crippen molar-refractivity contribution in [1.82, 2.24) is 9.38 Å². The van der Waals surface area contributed by atoms with Crippen LogP contribution in [0.1, 0.15) is 48.9 Å². The topological polar surface area (TPSA) is 29.3 Å². The quantitative estimate of drug-likeness (QED) is 0.698. The first-order chi connectivity index (χ1) is 12.3. The molecule has 4 rings (SSSR count). The molecule has 0 atom stereocenters. The number of benzene rings is 1. The molecule has 1 N–H and O–H groups in total. The molecule has 3 aromatic rings. The van der Waals surface area contributed by atoms with Crippen molar-refractivity contribution in [2.24, 2.45) is 0 Å². The maximum absolute atomic E-state index is 4.99. The highest BCUT2D eigenvalue weighted by Crippen LogP contribution is 2.26. The Balaban J connectivity index is 1.64. The summed E-state index contributed by atoms with van der Waals surface area (Å²) >= 11 is 0. The first-order valence-electron chi connectivity index (χ1n) is 9.58. The SMILES string of the molecule is Cc1cccn2c(NC3CCCCC3)c(CCc3ccccc3)nc12. The predicted molar refractivity (Wildman–Crippen MR) is 104 cm³/mol. The number of nitrogens with zero attached hydrogens (tertiary/aromatic N) is 2. The van der Waals surface area contributed by atoms with Gasteiger partial charge in [0.25, 0.3) is 0 Å². The van der Waals surface area contributed by atoms with Crippen molar-refractivity contribution in [3.8, 4) is 0 Å². The summed E-state index contributed by atoms with van der Waals surface area (Å²) in [6.45, 7) is 2.15. The lowest BCUT2D eigenvalue weighted by atomic mass is 9.95. The molecule has 3 nitrogen and oxygen atoms in total. The highest BCUT2D eigenvalue weighted by Gasteiger charge is 2.19. The molecular formula is C22H27N3. The fourth-order valence-electron chi connectivity index (χ4n) is 3.93. The van der Waals surface area contributed by atoms with Gasteiger partial charge in [0.2, 0.25) is 0 Å². The summed E-state index contributed by atoms with van der Waals surface area (Å²) in [5, 5.41) is 3.84. The molecule has 2 aromatic heterocycles. The molecule has 0 radical (unpaired) electrons. The van der Waals surface area contributed by atoms with Gasteiger partial charge >= 0.3 is 0 Å². The van der Waals surface area contributed by atoms with Gasteiger partial charge in [-0.25, -0.2) is 4.98 Å². The molecule has 3 heteroatoms. The van der Waals surface area contributed by atoms with Crippen molar-refractivity contribution in [2.75, 3.05) is 5.32 Å². The number of aryl methyl sites for hydroxylation is 3. The van der Waals surface area contributed by atoms with E-state index >= 15 is 0 Å². The van der Waals surface area contributed by atoms with Crippen LogP contribution < -0.4 is 5.32 Å². The number of pyridine rings is 1. The molecule has 1 aliphatic rings. The Morgan fingerprint density at radius 1 is 1.00 bits per heavy atom. The van der Waals surface area contributed by atoms with Crippen LogP contribution >= 0.6 is 0 Å². The summed E-state index contributed by atoms with van der Waals surface area (Å²) in [6, 6.07) is 15.6. The summed E-state index contributed by atoms with van der Waals surface area (Å²) in [6.07, 6.45) is 10.8. The van der Waals surface area contributed by atoms with Crippen molar-refractivity contribution in [1.29, 1.82) is 0 Å². The third-order valence-corrected chi connectivity index (χ3v) is 5.36. The van der Waals surface area contributed by atoms with E-state index in [1.807, 2.05) is 0 Å². The molecule has 1 aromatic carbocycles. The zero-order valence-corrected chi connectivity index (χ0v) is 15.0. The van der Waals surface area contributed by atoms with Gasteiger partial charge in [0.05, 0.1) is 5.69 Å². The Labute approximate surface area is 150 Å². The maximum Gasteiger partial charge on any atom is 0.141 e. The molecule has 0 bridgehead atoms. The third kappa shape index (κ3) is 3.55. The van der Waals surface area contributed by atoms with Gasteiger partial charge in [-0.1, -0.05) is 55.7 Å². The minimum absolute atomic E-state index is 0.588. The van der Waals surface area contributed by atoms with E-state index in [1.165, 1.54) is 54.7 Å². The van der Waals surface area contributed by atoms with Gasteiger partial charge in [-0.05, 0) is 49.8 Å². The van der Waals surface area contributed by atoms with Crippen LogP contribution in [0.15, 0.2) is 48.7 Å². The zero-order valence-electron chi connectivity index (χ0n) is 15.0. The van der Waals surface area contributed by atoms with Crippen molar-refractivity contribution in [3.05, 3.63) is 65.5 Å². The van der Waals surface area contributed by atoms with E-state index in [-0.39, 0.29) is 0 Å². The van der Waals surface area contributed by atoms with Crippen LogP contribution in [-0.4, -0.2) is 15.4 Å². The fraction of sp³-hybridized carbons (Fsp3) is 0.409. The van der Waals surface area contributed by atoms with Crippen molar-refractivity contribution < 1.29 is 0 Å². The number of nitrogens with one attached hydrogen (secondary N) is 1. The number of hydrogen-bond donors (Lipinski definition) is 1. The molecule has 130 valence electrons. The summed E-state index contributed by atoms with van der Waals surface area (Å²) in [5.41, 5.74) is 4.90. The van der Waals surface area contributed by atoms with E-state index in [2.05, 4.69) is 65.3 Å². The summed E-state index contributed by atoms with van der Waals surface area (Å²) in [5.74, 6) is 1.21. The van der Waals surface area contributed by atoms with Crippen LogP contribution in [0, 0.1) is 6.92 Å². The molecule has 1 fully saturated rings. The van der Waals surface area contributed by atoms with Crippen molar-refractivity contribution in [3.63, 3.8) is 0 Å². The Morgan fingerprint density at radius 2 is 1.80 bits per heavy atom. The zero-order chi connectivity index (χ0) is 17.1. The number of imidazole rings is 1. The van der Waals surface area contributed by atoms with Crippen molar-refractivity contribution >= 4 is 11.5 Å². The van der Waals surface area contributed by atoms with E-state index in [9.17, 15) is 0 Å². The smallest absolute Gasteiger partial charge is 0.141 e. The molecule has 1 aliphatic carbocycles. The lowest BCUT2D eigenvalue weighted by Gasteiger charge is -2.24. The minimum atomic E-state index is 0.588. The standard InChI is InChI=1S/C22H27N3/c1-17-9-8-16-25-21(17)24-20(15-14-18-10-4-2-5-11-18)22(25)23-19-12-6-3-7-13-19/h2,4-5,8-11,16,19,23H,3,6-7,12-15H2,1H3. The molecule has 0 spiro atoms. The maximum atomic E-state index is 4.99. The number of hydrogen-bond acceptors (Lipinski definition) is 2. The predicted octanol–water partition coefficient (Wildman–Crippen LogP) is 5.17. The number of anilines is 1. The molecule has 0 unspecified atom stereocenters. The normalized spacial score (nSPS) is 15.6. The van der Waals surface area contributed by atoms with E-state index in [1.54, 1.807) is 0 Å². The largest absolute Gasteiger partial charge is 0.367 e. The molecular weight excluding hydrogens is 306 g/mol. The van der Waals surface area contributed by atoms with E-state index in [0.717, 1.165) is 18.5 Å². The molecule has 0 aliphatic heterocycles. The van der Waals surface area contributed by atoms with Gasteiger partial charge in [0.15, 0.2) is 0 Å². The second-order valence-electron chi connectivity index (χ2n) is 7.26. The van der Waals surface area contributed by atoms with Crippen LogP contribution in [0.25, 0.3) is 5.65 Å². The van der Waals surface area contributed by atoms with Crippen LogP contribution in [0.2, 0.25) is 0 Å². The van der Waals surface area contributed by atoms with Crippen LogP contribution in [0.3, 0.4) is 0 Å². The van der Waals surface area contributed by atoms with Gasteiger partial charge in [0, 0.05) is 12.2 Å². The number of rotatable bonds is 5. The summed E-state index contributed by atoms with van der Waals surface area (Å²) < 4.78 is 2.25. The number of fused-ring (bicyclic) bond motifs is 1. The van der Waals surface area contributed by atoms with Crippen LogP contribution in [0.4, 0.5) is 5.82 Å². The third-order valence-electron chi connectivity index (χ3n) is 5.36. The van der Waals surface area contributed by atoms with E-state index in [4.69, 9.17) is 4.98 Å².